The topological polar surface area (TPSA) is 78.9 Å². The molecular weight excluding hydrogens is 236 g/mol. The summed E-state index contributed by atoms with van der Waals surface area (Å²) in [5.41, 5.74) is -1.27. The number of carboxylic acids is 1. The van der Waals surface area contributed by atoms with E-state index in [0.717, 1.165) is 12.8 Å². The summed E-state index contributed by atoms with van der Waals surface area (Å²) >= 11 is 0. The molecule has 0 spiro atoms. The van der Waals surface area contributed by atoms with E-state index >= 15 is 0 Å². The number of hydrogen-bond donors (Lipinski definition) is 2. The first-order chi connectivity index (χ1) is 8.59. The summed E-state index contributed by atoms with van der Waals surface area (Å²) in [6.07, 6.45) is 3.90. The lowest BCUT2D eigenvalue weighted by molar-refractivity contribution is -0.144. The van der Waals surface area contributed by atoms with Gasteiger partial charge in [-0.25, -0.2) is 9.59 Å². The van der Waals surface area contributed by atoms with Crippen LogP contribution in [-0.2, 0) is 9.53 Å². The average molecular weight is 254 g/mol. The third kappa shape index (κ3) is 2.48. The Morgan fingerprint density at radius 2 is 2.28 bits per heavy atom. The maximum atomic E-state index is 12.1. The molecule has 1 saturated carbocycles. The summed E-state index contributed by atoms with van der Waals surface area (Å²) < 4.78 is 5.10. The molecule has 6 heteroatoms. The second-order valence-electron chi connectivity index (χ2n) is 4.79. The molecule has 2 rings (SSSR count). The molecule has 2 aliphatic rings. The Bertz CT molecular complexity index is 359. The van der Waals surface area contributed by atoms with E-state index in [9.17, 15) is 14.7 Å². The van der Waals surface area contributed by atoms with Crippen molar-refractivity contribution in [1.82, 2.24) is 10.2 Å². The quantitative estimate of drug-likeness (QED) is 0.704. The van der Waals surface area contributed by atoms with Gasteiger partial charge in [-0.15, -0.1) is 6.58 Å². The van der Waals surface area contributed by atoms with Gasteiger partial charge in [0.05, 0.1) is 6.61 Å². The van der Waals surface area contributed by atoms with Gasteiger partial charge < -0.3 is 20.1 Å². The minimum absolute atomic E-state index is 0.0284. The lowest BCUT2D eigenvalue weighted by Crippen LogP contribution is -2.58. The lowest BCUT2D eigenvalue weighted by atomic mass is 9.99. The number of aliphatic carboxylic acids is 1. The van der Waals surface area contributed by atoms with E-state index in [1.165, 1.54) is 0 Å². The van der Waals surface area contributed by atoms with Crippen LogP contribution in [0.1, 0.15) is 19.3 Å². The van der Waals surface area contributed by atoms with Crippen LogP contribution < -0.4 is 5.32 Å². The molecule has 2 fully saturated rings. The third-order valence-electron chi connectivity index (χ3n) is 3.35. The van der Waals surface area contributed by atoms with Crippen molar-refractivity contribution in [2.45, 2.75) is 30.8 Å². The molecule has 18 heavy (non-hydrogen) atoms. The summed E-state index contributed by atoms with van der Waals surface area (Å²) in [5, 5.41) is 11.9. The molecule has 0 bridgehead atoms. The molecule has 1 aliphatic carbocycles. The van der Waals surface area contributed by atoms with E-state index in [1.807, 2.05) is 0 Å². The summed E-state index contributed by atoms with van der Waals surface area (Å²) in [7, 11) is 0. The Hall–Kier alpha value is -1.56. The van der Waals surface area contributed by atoms with Crippen LogP contribution >= 0.6 is 0 Å². The zero-order valence-corrected chi connectivity index (χ0v) is 10.2. The first kappa shape index (κ1) is 12.9. The number of nitrogens with one attached hydrogen (secondary N) is 1. The van der Waals surface area contributed by atoms with Crippen molar-refractivity contribution in [2.24, 2.45) is 0 Å². The van der Waals surface area contributed by atoms with Crippen molar-refractivity contribution in [1.29, 1.82) is 0 Å². The molecule has 2 N–H and O–H groups in total. The van der Waals surface area contributed by atoms with Gasteiger partial charge in [-0.05, 0) is 12.8 Å². The Morgan fingerprint density at radius 3 is 2.72 bits per heavy atom. The highest BCUT2D eigenvalue weighted by Crippen LogP contribution is 2.28. The van der Waals surface area contributed by atoms with E-state index in [0.29, 0.717) is 19.6 Å². The highest BCUT2D eigenvalue weighted by atomic mass is 16.5. The standard InChI is InChI=1S/C12H18N2O4/c1-2-6-14(9-3-4-9)11(17)13-12(10(15)16)5-7-18-8-12/h2,9H,1,3-8H2,(H,13,17)(H,15,16). The number of rotatable bonds is 5. The number of carboxylic acid groups (broad SMARTS) is 1. The number of ether oxygens (including phenoxy) is 1. The van der Waals surface area contributed by atoms with Crippen LogP contribution in [0.2, 0.25) is 0 Å². The summed E-state index contributed by atoms with van der Waals surface area (Å²) in [6.45, 7) is 4.44. The van der Waals surface area contributed by atoms with Crippen molar-refractivity contribution in [3.63, 3.8) is 0 Å². The first-order valence-corrected chi connectivity index (χ1v) is 6.10. The van der Waals surface area contributed by atoms with Crippen molar-refractivity contribution in [2.75, 3.05) is 19.8 Å². The predicted octanol–water partition coefficient (Wildman–Crippen LogP) is 0.590. The SMILES string of the molecule is C=CCN(C(=O)NC1(C(=O)O)CCOC1)C1CC1. The molecule has 1 atom stereocenters. The number of nitrogens with zero attached hydrogens (tertiary/aromatic N) is 1. The van der Waals surface area contributed by atoms with Gasteiger partial charge in [-0.1, -0.05) is 6.08 Å². The minimum Gasteiger partial charge on any atom is -0.479 e. The van der Waals surface area contributed by atoms with E-state index < -0.39 is 11.5 Å². The molecule has 1 saturated heterocycles. The second-order valence-corrected chi connectivity index (χ2v) is 4.79. The summed E-state index contributed by atoms with van der Waals surface area (Å²) in [4.78, 5) is 25.1. The molecule has 6 nitrogen and oxygen atoms in total. The Balaban J connectivity index is 2.03. The average Bonchev–Trinajstić information content (AvgIpc) is 3.05. The Labute approximate surface area is 106 Å². The molecule has 0 aromatic rings. The maximum Gasteiger partial charge on any atom is 0.332 e. The maximum absolute atomic E-state index is 12.1. The zero-order chi connectivity index (χ0) is 13.2. The van der Waals surface area contributed by atoms with Gasteiger partial charge in [0, 0.05) is 25.6 Å². The van der Waals surface area contributed by atoms with Crippen LogP contribution in [0.25, 0.3) is 0 Å². The fourth-order valence-electron chi connectivity index (χ4n) is 2.09. The third-order valence-corrected chi connectivity index (χ3v) is 3.35. The van der Waals surface area contributed by atoms with Gasteiger partial charge >= 0.3 is 12.0 Å². The number of urea groups is 1. The number of hydrogen-bond acceptors (Lipinski definition) is 3. The zero-order valence-electron chi connectivity index (χ0n) is 10.2. The van der Waals surface area contributed by atoms with Crippen LogP contribution in [0.5, 0.6) is 0 Å². The van der Waals surface area contributed by atoms with Gasteiger partial charge in [0.1, 0.15) is 0 Å². The van der Waals surface area contributed by atoms with E-state index in [2.05, 4.69) is 11.9 Å². The van der Waals surface area contributed by atoms with Crippen molar-refractivity contribution in [3.05, 3.63) is 12.7 Å². The Kier molecular flexibility index (Phi) is 3.56. The van der Waals surface area contributed by atoms with Crippen molar-refractivity contribution < 1.29 is 19.4 Å². The number of carbonyl (C=O) groups is 2. The van der Waals surface area contributed by atoms with Crippen LogP contribution in [0.15, 0.2) is 12.7 Å². The van der Waals surface area contributed by atoms with Gasteiger partial charge in [-0.2, -0.15) is 0 Å². The first-order valence-electron chi connectivity index (χ1n) is 6.10. The van der Waals surface area contributed by atoms with E-state index in [1.54, 1.807) is 11.0 Å². The fraction of sp³-hybridized carbons (Fsp3) is 0.667. The van der Waals surface area contributed by atoms with Gasteiger partial charge in [0.15, 0.2) is 5.54 Å². The molecular formula is C12H18N2O4. The predicted molar refractivity (Wildman–Crippen MR) is 64.3 cm³/mol. The van der Waals surface area contributed by atoms with E-state index in [-0.39, 0.29) is 18.7 Å². The molecule has 0 aromatic heterocycles. The highest BCUT2D eigenvalue weighted by molar-refractivity contribution is 5.87. The molecule has 1 aliphatic heterocycles. The molecule has 2 amide bonds. The summed E-state index contributed by atoms with van der Waals surface area (Å²) in [6, 6.07) is -0.124. The molecule has 100 valence electrons. The number of carbonyl (C=O) groups excluding carboxylic acids is 1. The smallest absolute Gasteiger partial charge is 0.332 e. The molecule has 1 unspecified atom stereocenters. The molecule has 1 heterocycles. The van der Waals surface area contributed by atoms with Gasteiger partial charge in [0.2, 0.25) is 0 Å². The highest BCUT2D eigenvalue weighted by Gasteiger charge is 2.45. The van der Waals surface area contributed by atoms with Crippen LogP contribution in [0.3, 0.4) is 0 Å². The largest absolute Gasteiger partial charge is 0.479 e. The van der Waals surface area contributed by atoms with Crippen LogP contribution in [0, 0.1) is 0 Å². The van der Waals surface area contributed by atoms with Crippen molar-refractivity contribution in [3.8, 4) is 0 Å². The van der Waals surface area contributed by atoms with Crippen LogP contribution in [0.4, 0.5) is 4.79 Å². The van der Waals surface area contributed by atoms with E-state index in [4.69, 9.17) is 4.74 Å². The summed E-state index contributed by atoms with van der Waals surface area (Å²) in [5.74, 6) is -1.04. The Morgan fingerprint density at radius 1 is 1.56 bits per heavy atom. The van der Waals surface area contributed by atoms with Crippen molar-refractivity contribution >= 4 is 12.0 Å². The normalized spacial score (nSPS) is 26.7. The monoisotopic (exact) mass is 254 g/mol. The fourth-order valence-corrected chi connectivity index (χ4v) is 2.09. The second kappa shape index (κ2) is 4.97. The number of amides is 2. The van der Waals surface area contributed by atoms with Gasteiger partial charge in [-0.3, -0.25) is 0 Å². The molecule has 0 radical (unpaired) electrons. The van der Waals surface area contributed by atoms with Crippen LogP contribution in [-0.4, -0.2) is 53.3 Å². The molecule has 0 aromatic carbocycles. The van der Waals surface area contributed by atoms with Gasteiger partial charge in [0.25, 0.3) is 0 Å². The lowest BCUT2D eigenvalue weighted by Gasteiger charge is -2.29. The minimum atomic E-state index is -1.27.